The van der Waals surface area contributed by atoms with E-state index in [-0.39, 0.29) is 20.3 Å². The van der Waals surface area contributed by atoms with Crippen molar-refractivity contribution in [2.45, 2.75) is 110 Å². The molecule has 0 heterocycles. The second-order valence-corrected chi connectivity index (χ2v) is 6.09. The predicted octanol–water partition coefficient (Wildman–Crippen LogP) is 3.45. The van der Waals surface area contributed by atoms with E-state index in [0.717, 1.165) is 12.8 Å². The Balaban J connectivity index is -0.00000180. The van der Waals surface area contributed by atoms with Gasteiger partial charge in [0.2, 0.25) is 0 Å². The standard InChI is InChI=1S/C18H36O2.Li.H/c1-2-3-4-5-6-7-8-9-10-11-12-13-14-15-16-17-18(19)20;;/h2-17H2,1H3,(H,19,20);;/q;+1;-1. The van der Waals surface area contributed by atoms with Crippen molar-refractivity contribution < 1.29 is 30.2 Å². The monoisotopic (exact) mass is 292 g/mol. The average molecular weight is 292 g/mol. The van der Waals surface area contributed by atoms with Crippen molar-refractivity contribution >= 4 is 5.97 Å². The molecule has 0 saturated carbocycles. The number of carbonyl (C=O) groups is 1. The van der Waals surface area contributed by atoms with Crippen LogP contribution in [0, 0.1) is 0 Å². The minimum atomic E-state index is -0.653. The van der Waals surface area contributed by atoms with E-state index in [1.807, 2.05) is 0 Å². The summed E-state index contributed by atoms with van der Waals surface area (Å²) in [5, 5.41) is 8.52. The molecule has 0 atom stereocenters. The molecule has 0 amide bonds. The Bertz CT molecular complexity index is 213. The number of rotatable bonds is 16. The van der Waals surface area contributed by atoms with Crippen LogP contribution < -0.4 is 18.9 Å². The molecule has 0 saturated heterocycles. The van der Waals surface area contributed by atoms with Gasteiger partial charge in [0.1, 0.15) is 0 Å². The van der Waals surface area contributed by atoms with Gasteiger partial charge in [-0.25, -0.2) is 0 Å². The Labute approximate surface area is 146 Å². The van der Waals surface area contributed by atoms with E-state index in [0.29, 0.717) is 6.42 Å². The Morgan fingerprint density at radius 2 is 0.952 bits per heavy atom. The van der Waals surface area contributed by atoms with Crippen LogP contribution in [0.2, 0.25) is 0 Å². The van der Waals surface area contributed by atoms with Crippen molar-refractivity contribution in [2.75, 3.05) is 0 Å². The summed E-state index contributed by atoms with van der Waals surface area (Å²) < 4.78 is 0. The molecule has 0 bridgehead atoms. The first-order valence-electron chi connectivity index (χ1n) is 8.99. The molecule has 3 heteroatoms. The quantitative estimate of drug-likeness (QED) is 0.349. The Morgan fingerprint density at radius 1 is 0.667 bits per heavy atom. The number of aliphatic carboxylic acids is 1. The van der Waals surface area contributed by atoms with E-state index < -0.39 is 5.97 Å². The summed E-state index contributed by atoms with van der Waals surface area (Å²) in [5.41, 5.74) is 0. The first-order valence-corrected chi connectivity index (χ1v) is 8.99. The average Bonchev–Trinajstić information content (AvgIpc) is 2.43. The van der Waals surface area contributed by atoms with E-state index in [2.05, 4.69) is 6.92 Å². The third-order valence-electron chi connectivity index (χ3n) is 3.99. The Hall–Kier alpha value is 0.0674. The van der Waals surface area contributed by atoms with Gasteiger partial charge in [-0.15, -0.1) is 0 Å². The van der Waals surface area contributed by atoms with Crippen molar-refractivity contribution in [1.82, 2.24) is 0 Å². The topological polar surface area (TPSA) is 37.3 Å². The van der Waals surface area contributed by atoms with Gasteiger partial charge in [-0.05, 0) is 6.42 Å². The summed E-state index contributed by atoms with van der Waals surface area (Å²) in [5.74, 6) is -0.653. The molecule has 0 aromatic heterocycles. The van der Waals surface area contributed by atoms with Crippen molar-refractivity contribution in [3.63, 3.8) is 0 Å². The molecule has 0 radical (unpaired) electrons. The number of unbranched alkanes of at least 4 members (excludes halogenated alkanes) is 14. The van der Waals surface area contributed by atoms with Crippen molar-refractivity contribution in [2.24, 2.45) is 0 Å². The van der Waals surface area contributed by atoms with E-state index >= 15 is 0 Å². The van der Waals surface area contributed by atoms with Crippen LogP contribution >= 0.6 is 0 Å². The largest absolute Gasteiger partial charge is 1.00 e. The molecular formula is C18H37LiO2. The van der Waals surface area contributed by atoms with Crippen molar-refractivity contribution in [3.8, 4) is 0 Å². The van der Waals surface area contributed by atoms with Crippen molar-refractivity contribution in [3.05, 3.63) is 0 Å². The fourth-order valence-electron chi connectivity index (χ4n) is 2.65. The van der Waals surface area contributed by atoms with Gasteiger partial charge in [-0.2, -0.15) is 0 Å². The minimum absolute atomic E-state index is 0. The van der Waals surface area contributed by atoms with Gasteiger partial charge in [0.25, 0.3) is 0 Å². The molecule has 0 fully saturated rings. The maximum atomic E-state index is 10.3. The molecule has 0 aromatic rings. The maximum Gasteiger partial charge on any atom is 1.00 e. The number of carboxylic acids is 1. The molecule has 0 unspecified atom stereocenters. The summed E-state index contributed by atoms with van der Waals surface area (Å²) >= 11 is 0. The first-order chi connectivity index (χ1) is 9.77. The number of hydrogen-bond donors (Lipinski definition) is 1. The number of carboxylic acid groups (broad SMARTS) is 1. The molecule has 0 aliphatic rings. The molecule has 1 N–H and O–H groups in total. The van der Waals surface area contributed by atoms with Crippen LogP contribution in [0.1, 0.15) is 111 Å². The van der Waals surface area contributed by atoms with Gasteiger partial charge in [0.15, 0.2) is 0 Å². The third-order valence-corrected chi connectivity index (χ3v) is 3.99. The fraction of sp³-hybridized carbons (Fsp3) is 0.944. The second kappa shape index (κ2) is 20.1. The zero-order valence-electron chi connectivity index (χ0n) is 15.7. The van der Waals surface area contributed by atoms with Crippen LogP contribution in [-0.4, -0.2) is 11.1 Å². The molecular weight excluding hydrogens is 255 g/mol. The zero-order chi connectivity index (χ0) is 14.9. The summed E-state index contributed by atoms with van der Waals surface area (Å²) in [6.45, 7) is 2.27. The molecule has 2 nitrogen and oxygen atoms in total. The Kier molecular flexibility index (Phi) is 22.3. The molecule has 0 aromatic carbocycles. The molecule has 0 aliphatic carbocycles. The van der Waals surface area contributed by atoms with E-state index in [1.54, 1.807) is 0 Å². The molecule has 21 heavy (non-hydrogen) atoms. The second-order valence-electron chi connectivity index (χ2n) is 6.09. The van der Waals surface area contributed by atoms with Crippen molar-refractivity contribution in [1.29, 1.82) is 0 Å². The van der Waals surface area contributed by atoms with Crippen LogP contribution in [-0.2, 0) is 4.79 Å². The predicted molar refractivity (Wildman–Crippen MR) is 88.3 cm³/mol. The maximum absolute atomic E-state index is 10.3. The summed E-state index contributed by atoms with van der Waals surface area (Å²) in [6.07, 6.45) is 20.2. The van der Waals surface area contributed by atoms with Crippen LogP contribution in [0.15, 0.2) is 0 Å². The SMILES string of the molecule is CCCCCCCCCCCCCCCCCC(=O)O.[H-].[Li+]. The van der Waals surface area contributed by atoms with Gasteiger partial charge in [0, 0.05) is 6.42 Å². The number of hydrogen-bond acceptors (Lipinski definition) is 1. The molecule has 0 rings (SSSR count). The fourth-order valence-corrected chi connectivity index (χ4v) is 2.65. The first kappa shape index (κ1) is 23.3. The zero-order valence-corrected chi connectivity index (χ0v) is 14.7. The van der Waals surface area contributed by atoms with E-state index in [1.165, 1.54) is 83.5 Å². The summed E-state index contributed by atoms with van der Waals surface area (Å²) in [6, 6.07) is 0. The van der Waals surface area contributed by atoms with Gasteiger partial charge >= 0.3 is 24.8 Å². The van der Waals surface area contributed by atoms with Gasteiger partial charge in [-0.3, -0.25) is 4.79 Å². The summed E-state index contributed by atoms with van der Waals surface area (Å²) in [4.78, 5) is 10.3. The van der Waals surface area contributed by atoms with Crippen LogP contribution in [0.3, 0.4) is 0 Å². The molecule has 0 spiro atoms. The third kappa shape index (κ3) is 22.5. The molecule has 0 aliphatic heterocycles. The van der Waals surface area contributed by atoms with Gasteiger partial charge < -0.3 is 6.53 Å². The minimum Gasteiger partial charge on any atom is -1.00 e. The van der Waals surface area contributed by atoms with Gasteiger partial charge in [-0.1, -0.05) is 96.8 Å². The van der Waals surface area contributed by atoms with Crippen LogP contribution in [0.25, 0.3) is 0 Å². The Morgan fingerprint density at radius 3 is 1.24 bits per heavy atom. The summed E-state index contributed by atoms with van der Waals surface area (Å²) in [7, 11) is 0. The van der Waals surface area contributed by atoms with Crippen LogP contribution in [0.5, 0.6) is 0 Å². The normalized spacial score (nSPS) is 10.3. The smallest absolute Gasteiger partial charge is 1.00 e. The van der Waals surface area contributed by atoms with E-state index in [4.69, 9.17) is 5.11 Å². The van der Waals surface area contributed by atoms with Crippen LogP contribution in [0.4, 0.5) is 0 Å². The van der Waals surface area contributed by atoms with E-state index in [9.17, 15) is 4.79 Å². The van der Waals surface area contributed by atoms with Gasteiger partial charge in [0.05, 0.1) is 0 Å². The molecule has 122 valence electrons.